The second-order valence-electron chi connectivity index (χ2n) is 4.41. The van der Waals surface area contributed by atoms with Crippen LogP contribution in [0.15, 0.2) is 12.4 Å². The van der Waals surface area contributed by atoms with Crippen molar-refractivity contribution in [3.63, 3.8) is 0 Å². The van der Waals surface area contributed by atoms with Crippen molar-refractivity contribution in [1.82, 2.24) is 24.9 Å². The van der Waals surface area contributed by atoms with Crippen LogP contribution in [0.25, 0.3) is 15.9 Å². The monoisotopic (exact) mass is 278 g/mol. The lowest BCUT2D eigenvalue weighted by Crippen LogP contribution is -2.44. The fourth-order valence-corrected chi connectivity index (χ4v) is 3.12. The zero-order valence-corrected chi connectivity index (χ0v) is 10.8. The number of aromatic nitrogens is 4. The van der Waals surface area contributed by atoms with Crippen molar-refractivity contribution in [3.05, 3.63) is 17.5 Å². The van der Waals surface area contributed by atoms with Crippen LogP contribution in [0.5, 0.6) is 0 Å². The fraction of sp³-hybridized carbons (Fsp3) is 0.364. The van der Waals surface area contributed by atoms with Crippen LogP contribution in [-0.4, -0.2) is 45.8 Å². The van der Waals surface area contributed by atoms with Gasteiger partial charge in [-0.1, -0.05) is 11.3 Å². The van der Waals surface area contributed by atoms with E-state index in [4.69, 9.17) is 0 Å². The molecule has 1 aliphatic heterocycles. The maximum atomic E-state index is 13.4. The van der Waals surface area contributed by atoms with Crippen LogP contribution < -0.4 is 10.2 Å². The molecule has 19 heavy (non-hydrogen) atoms. The van der Waals surface area contributed by atoms with Crippen LogP contribution in [0.3, 0.4) is 0 Å². The SMILES string of the molecule is Fc1cc2c(nc(N3CCNCC3)n3ncnc23)s1. The lowest BCUT2D eigenvalue weighted by atomic mass is 10.3. The lowest BCUT2D eigenvalue weighted by molar-refractivity contribution is 0.575. The molecule has 6 nitrogen and oxygen atoms in total. The fourth-order valence-electron chi connectivity index (χ4n) is 2.37. The van der Waals surface area contributed by atoms with E-state index in [9.17, 15) is 4.39 Å². The molecule has 1 aliphatic rings. The molecule has 3 aromatic rings. The van der Waals surface area contributed by atoms with Gasteiger partial charge in [-0.05, 0) is 6.07 Å². The number of nitrogens with zero attached hydrogens (tertiary/aromatic N) is 5. The third-order valence-electron chi connectivity index (χ3n) is 3.26. The zero-order chi connectivity index (χ0) is 12.8. The highest BCUT2D eigenvalue weighted by atomic mass is 32.1. The summed E-state index contributed by atoms with van der Waals surface area (Å²) in [7, 11) is 0. The van der Waals surface area contributed by atoms with Crippen LogP contribution in [0.2, 0.25) is 0 Å². The molecular formula is C11H11FN6S. The maximum absolute atomic E-state index is 13.4. The highest BCUT2D eigenvalue weighted by molar-refractivity contribution is 7.17. The number of halogens is 1. The molecule has 0 aliphatic carbocycles. The second-order valence-corrected chi connectivity index (χ2v) is 5.39. The first-order valence-electron chi connectivity index (χ1n) is 6.07. The van der Waals surface area contributed by atoms with Gasteiger partial charge in [-0.15, -0.1) is 0 Å². The molecule has 4 heterocycles. The van der Waals surface area contributed by atoms with Crippen molar-refractivity contribution in [2.45, 2.75) is 0 Å². The van der Waals surface area contributed by atoms with Crippen LogP contribution >= 0.6 is 11.3 Å². The Kier molecular flexibility index (Phi) is 2.39. The number of hydrogen-bond donors (Lipinski definition) is 1. The molecular weight excluding hydrogens is 267 g/mol. The number of fused-ring (bicyclic) bond motifs is 3. The van der Waals surface area contributed by atoms with Crippen LogP contribution in [0, 0.1) is 5.13 Å². The second kappa shape index (κ2) is 4.10. The number of hydrogen-bond acceptors (Lipinski definition) is 6. The summed E-state index contributed by atoms with van der Waals surface area (Å²) >= 11 is 1.05. The van der Waals surface area contributed by atoms with E-state index in [2.05, 4.69) is 25.3 Å². The third-order valence-corrected chi connectivity index (χ3v) is 4.08. The Morgan fingerprint density at radius 1 is 1.32 bits per heavy atom. The minimum Gasteiger partial charge on any atom is -0.338 e. The number of rotatable bonds is 1. The van der Waals surface area contributed by atoms with Crippen molar-refractivity contribution in [2.24, 2.45) is 0 Å². The van der Waals surface area contributed by atoms with E-state index in [0.29, 0.717) is 10.5 Å². The number of piperazine rings is 1. The summed E-state index contributed by atoms with van der Waals surface area (Å²) in [5.74, 6) is 0.739. The number of nitrogens with one attached hydrogen (secondary N) is 1. The van der Waals surface area contributed by atoms with Crippen LogP contribution in [0.4, 0.5) is 10.3 Å². The summed E-state index contributed by atoms with van der Waals surface area (Å²) in [5.41, 5.74) is 0.665. The molecule has 0 amide bonds. The molecule has 1 N–H and O–H groups in total. The van der Waals surface area contributed by atoms with E-state index in [1.165, 1.54) is 12.4 Å². The molecule has 0 bridgehead atoms. The van der Waals surface area contributed by atoms with Gasteiger partial charge >= 0.3 is 0 Å². The predicted octanol–water partition coefficient (Wildman–Crippen LogP) is 0.888. The molecule has 1 saturated heterocycles. The molecule has 8 heteroatoms. The minimum atomic E-state index is -0.245. The largest absolute Gasteiger partial charge is 0.338 e. The van der Waals surface area contributed by atoms with Gasteiger partial charge in [-0.3, -0.25) is 0 Å². The minimum absolute atomic E-state index is 0.245. The van der Waals surface area contributed by atoms with E-state index in [1.807, 2.05) is 0 Å². The summed E-state index contributed by atoms with van der Waals surface area (Å²) in [5, 5.41) is 7.99. The topological polar surface area (TPSA) is 58.4 Å². The molecule has 4 rings (SSSR count). The van der Waals surface area contributed by atoms with Gasteiger partial charge in [0, 0.05) is 26.2 Å². The molecule has 98 valence electrons. The van der Waals surface area contributed by atoms with Gasteiger partial charge < -0.3 is 10.2 Å². The van der Waals surface area contributed by atoms with E-state index >= 15 is 0 Å². The average molecular weight is 278 g/mol. The Balaban J connectivity index is 1.98. The summed E-state index contributed by atoms with van der Waals surface area (Å²) in [6.45, 7) is 3.55. The van der Waals surface area contributed by atoms with Gasteiger partial charge in [0.25, 0.3) is 0 Å². The molecule has 0 atom stereocenters. The van der Waals surface area contributed by atoms with Gasteiger partial charge in [0.1, 0.15) is 11.2 Å². The standard InChI is InChI=1S/C11H11FN6S/c12-8-5-7-9-14-6-15-18(9)11(16-10(7)19-8)17-3-1-13-2-4-17/h5-6,13H,1-4H2. The van der Waals surface area contributed by atoms with Gasteiger partial charge in [-0.25, -0.2) is 9.97 Å². The zero-order valence-electron chi connectivity index (χ0n) is 10.0. The van der Waals surface area contributed by atoms with Crippen LogP contribution in [0.1, 0.15) is 0 Å². The summed E-state index contributed by atoms with van der Waals surface area (Å²) in [4.78, 5) is 11.6. The highest BCUT2D eigenvalue weighted by Gasteiger charge is 2.19. The Morgan fingerprint density at radius 2 is 2.16 bits per heavy atom. The molecule has 1 fully saturated rings. The summed E-state index contributed by atoms with van der Waals surface area (Å²) < 4.78 is 15.1. The predicted molar refractivity (Wildman–Crippen MR) is 71.2 cm³/mol. The normalized spacial score (nSPS) is 16.6. The van der Waals surface area contributed by atoms with Gasteiger partial charge in [-0.2, -0.15) is 14.0 Å². The Morgan fingerprint density at radius 3 is 3.00 bits per heavy atom. The maximum Gasteiger partial charge on any atom is 0.230 e. The first kappa shape index (κ1) is 11.1. The summed E-state index contributed by atoms with van der Waals surface area (Å²) in [6.07, 6.45) is 1.48. The Labute approximate surface area is 111 Å². The molecule has 0 unspecified atom stereocenters. The Hall–Kier alpha value is -1.80. The van der Waals surface area contributed by atoms with Gasteiger partial charge in [0.2, 0.25) is 5.95 Å². The summed E-state index contributed by atoms with van der Waals surface area (Å²) in [6, 6.07) is 1.47. The smallest absolute Gasteiger partial charge is 0.230 e. The molecule has 0 saturated carbocycles. The molecule has 0 aromatic carbocycles. The van der Waals surface area contributed by atoms with E-state index < -0.39 is 0 Å². The first-order chi connectivity index (χ1) is 9.33. The van der Waals surface area contributed by atoms with Crippen molar-refractivity contribution in [3.8, 4) is 0 Å². The third kappa shape index (κ3) is 1.67. The van der Waals surface area contributed by atoms with E-state index in [0.717, 1.165) is 48.9 Å². The van der Waals surface area contributed by atoms with Crippen molar-refractivity contribution in [1.29, 1.82) is 0 Å². The Bertz CT molecular complexity index is 744. The van der Waals surface area contributed by atoms with E-state index in [-0.39, 0.29) is 5.13 Å². The number of thiophene rings is 1. The van der Waals surface area contributed by atoms with Gasteiger partial charge in [0.05, 0.1) is 5.39 Å². The van der Waals surface area contributed by atoms with Crippen LogP contribution in [-0.2, 0) is 0 Å². The first-order valence-corrected chi connectivity index (χ1v) is 6.89. The quantitative estimate of drug-likeness (QED) is 0.716. The molecule has 0 radical (unpaired) electrons. The van der Waals surface area contributed by atoms with Gasteiger partial charge in [0.15, 0.2) is 10.8 Å². The molecule has 3 aromatic heterocycles. The highest BCUT2D eigenvalue weighted by Crippen LogP contribution is 2.28. The number of anilines is 1. The van der Waals surface area contributed by atoms with Crippen molar-refractivity contribution < 1.29 is 4.39 Å². The van der Waals surface area contributed by atoms with Crippen molar-refractivity contribution in [2.75, 3.05) is 31.1 Å². The van der Waals surface area contributed by atoms with E-state index in [1.54, 1.807) is 4.52 Å². The van der Waals surface area contributed by atoms with Crippen molar-refractivity contribution >= 4 is 33.1 Å². The lowest BCUT2D eigenvalue weighted by Gasteiger charge is -2.28. The molecule has 0 spiro atoms. The average Bonchev–Trinajstić information content (AvgIpc) is 3.03.